The van der Waals surface area contributed by atoms with Crippen molar-refractivity contribution in [1.82, 2.24) is 14.9 Å². The number of pyridine rings is 2. The van der Waals surface area contributed by atoms with Gasteiger partial charge in [-0.15, -0.1) is 0 Å². The van der Waals surface area contributed by atoms with Crippen molar-refractivity contribution < 1.29 is 9.59 Å². The van der Waals surface area contributed by atoms with Crippen LogP contribution in [0, 0.1) is 12.8 Å². The van der Waals surface area contributed by atoms with Crippen molar-refractivity contribution >= 4 is 22.6 Å². The van der Waals surface area contributed by atoms with E-state index in [0.29, 0.717) is 36.1 Å². The summed E-state index contributed by atoms with van der Waals surface area (Å²) >= 11 is 0. The predicted molar refractivity (Wildman–Crippen MR) is 168 cm³/mol. The van der Waals surface area contributed by atoms with Gasteiger partial charge >= 0.3 is 0 Å². The Morgan fingerprint density at radius 1 is 0.881 bits per heavy atom. The summed E-state index contributed by atoms with van der Waals surface area (Å²) < 4.78 is 0. The van der Waals surface area contributed by atoms with Crippen molar-refractivity contribution in [3.63, 3.8) is 0 Å². The van der Waals surface area contributed by atoms with Crippen LogP contribution in [0.2, 0.25) is 0 Å². The van der Waals surface area contributed by atoms with E-state index in [1.54, 1.807) is 6.20 Å². The number of fused-ring (bicyclic) bond motifs is 1. The maximum atomic E-state index is 13.3. The van der Waals surface area contributed by atoms with Gasteiger partial charge in [-0.3, -0.25) is 19.6 Å². The summed E-state index contributed by atoms with van der Waals surface area (Å²) in [6, 6.07) is 28.5. The van der Waals surface area contributed by atoms with E-state index in [9.17, 15) is 9.59 Å². The molecule has 3 heterocycles. The number of aryl methyl sites for hydroxylation is 1. The van der Waals surface area contributed by atoms with Gasteiger partial charge in [0.2, 0.25) is 0 Å². The SMILES string of the molecule is Cc1ccc(C(=O)N2CC(c3ccc(-c4cccc5ncccc45)cc3)C2)cc1CC(=O)c1ccc(CC(C)C)nc1. The van der Waals surface area contributed by atoms with E-state index in [4.69, 9.17) is 0 Å². The Morgan fingerprint density at radius 2 is 1.67 bits per heavy atom. The number of carbonyl (C=O) groups excluding carboxylic acids is 2. The molecule has 3 aromatic carbocycles. The van der Waals surface area contributed by atoms with E-state index in [1.807, 2.05) is 66.6 Å². The van der Waals surface area contributed by atoms with Gasteiger partial charge in [-0.25, -0.2) is 0 Å². The number of carbonyl (C=O) groups is 2. The van der Waals surface area contributed by atoms with E-state index >= 15 is 0 Å². The van der Waals surface area contributed by atoms with Crippen LogP contribution in [0.1, 0.15) is 62.9 Å². The van der Waals surface area contributed by atoms with Crippen molar-refractivity contribution in [2.75, 3.05) is 13.1 Å². The second kappa shape index (κ2) is 11.7. The average molecular weight is 554 g/mol. The zero-order chi connectivity index (χ0) is 29.2. The zero-order valence-electron chi connectivity index (χ0n) is 24.4. The van der Waals surface area contributed by atoms with E-state index in [-0.39, 0.29) is 18.1 Å². The molecule has 1 aliphatic rings. The second-order valence-electron chi connectivity index (χ2n) is 11.8. The number of rotatable bonds is 8. The van der Waals surface area contributed by atoms with E-state index < -0.39 is 0 Å². The molecule has 1 fully saturated rings. The van der Waals surface area contributed by atoms with Crippen LogP contribution in [-0.2, 0) is 12.8 Å². The fourth-order valence-electron chi connectivity index (χ4n) is 5.73. The summed E-state index contributed by atoms with van der Waals surface area (Å²) in [4.78, 5) is 37.2. The molecule has 1 amide bonds. The lowest BCUT2D eigenvalue weighted by Crippen LogP contribution is -2.48. The van der Waals surface area contributed by atoms with Crippen LogP contribution < -0.4 is 0 Å². The number of benzene rings is 3. The number of Topliss-reactive ketones (excluding diaryl/α,β-unsaturated/α-hetero) is 1. The van der Waals surface area contributed by atoms with Gasteiger partial charge in [0.05, 0.1) is 5.52 Å². The largest absolute Gasteiger partial charge is 0.337 e. The van der Waals surface area contributed by atoms with Gasteiger partial charge in [-0.1, -0.05) is 62.4 Å². The molecule has 5 aromatic rings. The highest BCUT2D eigenvalue weighted by Gasteiger charge is 2.32. The molecule has 0 spiro atoms. The Bertz CT molecular complexity index is 1750. The Kier molecular flexibility index (Phi) is 7.66. The molecule has 0 aliphatic carbocycles. The first-order valence-electron chi connectivity index (χ1n) is 14.7. The summed E-state index contributed by atoms with van der Waals surface area (Å²) in [7, 11) is 0. The van der Waals surface area contributed by atoms with Gasteiger partial charge in [0.25, 0.3) is 5.91 Å². The normalized spacial score (nSPS) is 13.4. The third kappa shape index (κ3) is 5.73. The molecule has 1 saturated heterocycles. The molecule has 0 unspecified atom stereocenters. The first-order valence-corrected chi connectivity index (χ1v) is 14.7. The number of aromatic nitrogens is 2. The van der Waals surface area contributed by atoms with Crippen molar-refractivity contribution in [2.24, 2.45) is 5.92 Å². The highest BCUT2D eigenvalue weighted by atomic mass is 16.2. The van der Waals surface area contributed by atoms with Crippen LogP contribution in [-0.4, -0.2) is 39.6 Å². The summed E-state index contributed by atoms with van der Waals surface area (Å²) in [5, 5.41) is 1.14. The fraction of sp³-hybridized carbons (Fsp3) is 0.243. The molecule has 0 N–H and O–H groups in total. The number of likely N-dealkylation sites (tertiary alicyclic amines) is 1. The molecule has 6 rings (SSSR count). The van der Waals surface area contributed by atoms with Crippen molar-refractivity contribution in [1.29, 1.82) is 0 Å². The molecule has 2 aromatic heterocycles. The summed E-state index contributed by atoms with van der Waals surface area (Å²) in [5.41, 5.74) is 8.68. The average Bonchev–Trinajstić information content (AvgIpc) is 2.97. The van der Waals surface area contributed by atoms with Crippen molar-refractivity contribution in [2.45, 2.75) is 39.5 Å². The first-order chi connectivity index (χ1) is 20.4. The Hall–Kier alpha value is -4.64. The third-order valence-electron chi connectivity index (χ3n) is 8.22. The van der Waals surface area contributed by atoms with Gasteiger partial charge < -0.3 is 4.90 Å². The van der Waals surface area contributed by atoms with Gasteiger partial charge in [0.1, 0.15) is 0 Å². The van der Waals surface area contributed by atoms with Crippen LogP contribution in [0.3, 0.4) is 0 Å². The minimum Gasteiger partial charge on any atom is -0.337 e. The molecular formula is C37H35N3O2. The van der Waals surface area contributed by atoms with Crippen molar-refractivity contribution in [3.8, 4) is 11.1 Å². The lowest BCUT2D eigenvalue weighted by molar-refractivity contribution is 0.0602. The molecule has 0 bridgehead atoms. The van der Waals surface area contributed by atoms with E-state index in [0.717, 1.165) is 39.7 Å². The van der Waals surface area contributed by atoms with Gasteiger partial charge in [0.15, 0.2) is 5.78 Å². The Morgan fingerprint density at radius 3 is 2.40 bits per heavy atom. The van der Waals surface area contributed by atoms with Crippen LogP contribution in [0.4, 0.5) is 0 Å². The Balaban J connectivity index is 1.09. The molecular weight excluding hydrogens is 518 g/mol. The molecule has 0 saturated carbocycles. The lowest BCUT2D eigenvalue weighted by atomic mass is 9.89. The zero-order valence-corrected chi connectivity index (χ0v) is 24.4. The summed E-state index contributed by atoms with van der Waals surface area (Å²) in [6.07, 6.45) is 4.64. The summed E-state index contributed by atoms with van der Waals surface area (Å²) in [6.45, 7) is 7.67. The molecule has 0 atom stereocenters. The van der Waals surface area contributed by atoms with Crippen LogP contribution in [0.15, 0.2) is 97.3 Å². The van der Waals surface area contributed by atoms with Crippen molar-refractivity contribution in [3.05, 3.63) is 131 Å². The standard InChI is InChI=1S/C37H35N3O2/c1-24(2)18-32-16-15-29(21-39-32)36(41)20-30-19-28(10-9-25(30)3)37(42)40-22-31(23-40)26-11-13-27(14-12-26)33-6-4-8-35-34(33)7-5-17-38-35/h4-17,19,21,24,31H,18,20,22-23H2,1-3H3. The number of ketones is 1. The van der Waals surface area contributed by atoms with Crippen LogP contribution in [0.25, 0.3) is 22.0 Å². The minimum atomic E-state index is 0.0125. The Labute approximate surface area is 247 Å². The first kappa shape index (κ1) is 27.5. The summed E-state index contributed by atoms with van der Waals surface area (Å²) in [5.74, 6) is 0.857. The number of hydrogen-bond donors (Lipinski definition) is 0. The quantitative estimate of drug-likeness (QED) is 0.187. The van der Waals surface area contributed by atoms with E-state index in [2.05, 4.69) is 60.2 Å². The molecule has 42 heavy (non-hydrogen) atoms. The van der Waals surface area contributed by atoms with Gasteiger partial charge in [-0.2, -0.15) is 0 Å². The fourth-order valence-corrected chi connectivity index (χ4v) is 5.73. The maximum Gasteiger partial charge on any atom is 0.253 e. The van der Waals surface area contributed by atoms with Crippen LogP contribution in [0.5, 0.6) is 0 Å². The lowest BCUT2D eigenvalue weighted by Gasteiger charge is -2.39. The predicted octanol–water partition coefficient (Wildman–Crippen LogP) is 7.47. The van der Waals surface area contributed by atoms with Gasteiger partial charge in [-0.05, 0) is 83.5 Å². The smallest absolute Gasteiger partial charge is 0.253 e. The third-order valence-corrected chi connectivity index (χ3v) is 8.22. The molecule has 0 radical (unpaired) electrons. The van der Waals surface area contributed by atoms with E-state index in [1.165, 1.54) is 11.1 Å². The molecule has 5 nitrogen and oxygen atoms in total. The topological polar surface area (TPSA) is 63.2 Å². The highest BCUT2D eigenvalue weighted by Crippen LogP contribution is 2.32. The molecule has 5 heteroatoms. The highest BCUT2D eigenvalue weighted by molar-refractivity contribution is 5.99. The number of nitrogens with zero attached hydrogens (tertiary/aromatic N) is 3. The maximum absolute atomic E-state index is 13.3. The number of hydrogen-bond acceptors (Lipinski definition) is 4. The number of amides is 1. The molecule has 210 valence electrons. The minimum absolute atomic E-state index is 0.0125. The van der Waals surface area contributed by atoms with Gasteiger partial charge in [0, 0.05) is 60.0 Å². The van der Waals surface area contributed by atoms with Crippen LogP contribution >= 0.6 is 0 Å². The second-order valence-corrected chi connectivity index (χ2v) is 11.8. The molecule has 1 aliphatic heterocycles. The monoisotopic (exact) mass is 553 g/mol.